The van der Waals surface area contributed by atoms with E-state index in [2.05, 4.69) is 25.2 Å². The van der Waals surface area contributed by atoms with Gasteiger partial charge in [0.2, 0.25) is 5.91 Å². The molecule has 0 saturated carbocycles. The lowest BCUT2D eigenvalue weighted by Gasteiger charge is -2.11. The van der Waals surface area contributed by atoms with Crippen molar-refractivity contribution in [3.05, 3.63) is 58.5 Å². The number of fused-ring (bicyclic) bond motifs is 1. The molecule has 1 N–H and O–H groups in total. The Kier molecular flexibility index (Phi) is 7.61. The highest BCUT2D eigenvalue weighted by atomic mass is 16.5. The number of amides is 1. The third-order valence-electron chi connectivity index (χ3n) is 6.00. The molecule has 1 amide bonds. The molecule has 9 heteroatoms. The molecule has 34 heavy (non-hydrogen) atoms. The van der Waals surface area contributed by atoms with Crippen molar-refractivity contribution in [1.82, 2.24) is 25.2 Å². The first-order valence-corrected chi connectivity index (χ1v) is 11.6. The Morgan fingerprint density at radius 1 is 1.21 bits per heavy atom. The molecule has 4 rings (SSSR count). The van der Waals surface area contributed by atoms with Gasteiger partial charge in [-0.05, 0) is 50.5 Å². The van der Waals surface area contributed by atoms with Gasteiger partial charge in [-0.2, -0.15) is 0 Å². The summed E-state index contributed by atoms with van der Waals surface area (Å²) in [5.74, 6) is 3.78. The van der Waals surface area contributed by atoms with Crippen LogP contribution in [-0.4, -0.2) is 39.5 Å². The fraction of sp³-hybridized carbons (Fsp3) is 0.440. The van der Waals surface area contributed by atoms with Crippen LogP contribution in [0.2, 0.25) is 0 Å². The van der Waals surface area contributed by atoms with Gasteiger partial charge in [0.15, 0.2) is 11.5 Å². The average Bonchev–Trinajstić information content (AvgIpc) is 3.27. The molecule has 1 aromatic carbocycles. The predicted octanol–water partition coefficient (Wildman–Crippen LogP) is 3.57. The number of hydrogen-bond donors (Lipinski definition) is 1. The minimum absolute atomic E-state index is 0.159. The van der Waals surface area contributed by atoms with E-state index in [4.69, 9.17) is 14.0 Å². The van der Waals surface area contributed by atoms with Crippen molar-refractivity contribution < 1.29 is 18.8 Å². The fourth-order valence-corrected chi connectivity index (χ4v) is 4.02. The lowest BCUT2D eigenvalue weighted by molar-refractivity contribution is -0.116. The number of rotatable bonds is 9. The summed E-state index contributed by atoms with van der Waals surface area (Å²) in [6.07, 6.45) is 8.46. The summed E-state index contributed by atoms with van der Waals surface area (Å²) in [5, 5.41) is 15.5. The van der Waals surface area contributed by atoms with Crippen molar-refractivity contribution >= 4 is 12.0 Å². The zero-order valence-electron chi connectivity index (χ0n) is 20.0. The molecule has 3 heterocycles. The van der Waals surface area contributed by atoms with Gasteiger partial charge in [0, 0.05) is 32.0 Å². The first-order valence-electron chi connectivity index (χ1n) is 11.6. The van der Waals surface area contributed by atoms with E-state index < -0.39 is 0 Å². The van der Waals surface area contributed by atoms with Gasteiger partial charge in [-0.15, -0.1) is 10.2 Å². The third kappa shape index (κ3) is 5.65. The van der Waals surface area contributed by atoms with Gasteiger partial charge >= 0.3 is 0 Å². The summed E-state index contributed by atoms with van der Waals surface area (Å²) in [5.41, 5.74) is 2.56. The van der Waals surface area contributed by atoms with Gasteiger partial charge in [-0.1, -0.05) is 17.6 Å². The van der Waals surface area contributed by atoms with E-state index in [1.54, 1.807) is 13.2 Å². The summed E-state index contributed by atoms with van der Waals surface area (Å²) >= 11 is 0. The van der Waals surface area contributed by atoms with E-state index in [1.807, 2.05) is 32.0 Å². The van der Waals surface area contributed by atoms with Crippen LogP contribution in [0.5, 0.6) is 11.5 Å². The van der Waals surface area contributed by atoms with E-state index in [-0.39, 0.29) is 5.91 Å². The number of methoxy groups -OCH3 is 1. The van der Waals surface area contributed by atoms with E-state index in [9.17, 15) is 4.79 Å². The lowest BCUT2D eigenvalue weighted by atomic mass is 10.2. The Hall–Kier alpha value is -3.62. The number of aryl methyl sites for hydroxylation is 3. The SMILES string of the molecule is COc1cc(C=CC(=O)NCCc2nnc3n2CCCCC3)ccc1OCc1c(C)noc1C. The van der Waals surface area contributed by atoms with Gasteiger partial charge in [0.25, 0.3) is 0 Å². The number of carbonyl (C=O) groups excluding carboxylic acids is 1. The molecule has 0 atom stereocenters. The largest absolute Gasteiger partial charge is 0.493 e. The maximum Gasteiger partial charge on any atom is 0.244 e. The summed E-state index contributed by atoms with van der Waals surface area (Å²) in [4.78, 5) is 12.3. The van der Waals surface area contributed by atoms with Crippen molar-refractivity contribution in [2.75, 3.05) is 13.7 Å². The molecule has 0 bridgehead atoms. The van der Waals surface area contributed by atoms with Gasteiger partial charge in [0.1, 0.15) is 24.0 Å². The average molecular weight is 466 g/mol. The Labute approximate surface area is 199 Å². The smallest absolute Gasteiger partial charge is 0.244 e. The lowest BCUT2D eigenvalue weighted by Crippen LogP contribution is -2.24. The zero-order valence-corrected chi connectivity index (χ0v) is 20.0. The van der Waals surface area contributed by atoms with Crippen LogP contribution in [0, 0.1) is 13.8 Å². The van der Waals surface area contributed by atoms with Crippen molar-refractivity contribution in [2.24, 2.45) is 0 Å². The van der Waals surface area contributed by atoms with Gasteiger partial charge in [0.05, 0.1) is 18.4 Å². The Balaban J connectivity index is 1.29. The fourth-order valence-electron chi connectivity index (χ4n) is 4.02. The van der Waals surface area contributed by atoms with Gasteiger partial charge in [-0.25, -0.2) is 0 Å². The topological polar surface area (TPSA) is 104 Å². The molecule has 0 fully saturated rings. The maximum absolute atomic E-state index is 12.3. The van der Waals surface area contributed by atoms with Gasteiger partial charge < -0.3 is 23.9 Å². The second kappa shape index (κ2) is 11.0. The minimum Gasteiger partial charge on any atom is -0.493 e. The first kappa shape index (κ1) is 23.5. The monoisotopic (exact) mass is 465 g/mol. The minimum atomic E-state index is -0.159. The number of nitrogens with one attached hydrogen (secondary N) is 1. The van der Waals surface area contributed by atoms with E-state index >= 15 is 0 Å². The van der Waals surface area contributed by atoms with Crippen LogP contribution in [0.15, 0.2) is 28.8 Å². The highest BCUT2D eigenvalue weighted by molar-refractivity contribution is 5.91. The van der Waals surface area contributed by atoms with E-state index in [0.717, 1.165) is 53.6 Å². The molecule has 0 spiro atoms. The Bertz CT molecular complexity index is 1140. The quantitative estimate of drug-likeness (QED) is 0.482. The molecule has 1 aliphatic rings. The maximum atomic E-state index is 12.3. The molecular weight excluding hydrogens is 434 g/mol. The number of carbonyl (C=O) groups is 1. The molecular formula is C25H31N5O4. The number of aromatic nitrogens is 4. The highest BCUT2D eigenvalue weighted by Crippen LogP contribution is 2.30. The summed E-state index contributed by atoms with van der Waals surface area (Å²) in [6, 6.07) is 5.53. The molecule has 0 radical (unpaired) electrons. The van der Waals surface area contributed by atoms with Crippen LogP contribution >= 0.6 is 0 Å². The summed E-state index contributed by atoms with van der Waals surface area (Å²) in [6.45, 7) is 5.55. The molecule has 0 saturated heterocycles. The van der Waals surface area contributed by atoms with Crippen LogP contribution in [-0.2, 0) is 30.8 Å². The van der Waals surface area contributed by atoms with Crippen LogP contribution in [0.4, 0.5) is 0 Å². The van der Waals surface area contributed by atoms with Crippen molar-refractivity contribution in [3.8, 4) is 11.5 Å². The molecule has 2 aromatic heterocycles. The van der Waals surface area contributed by atoms with E-state index in [1.165, 1.54) is 18.9 Å². The standard InChI is InChI=1S/C25H31N5O4/c1-17-20(18(2)34-29-17)16-33-21-10-8-19(15-22(21)32-3)9-11-25(31)26-13-12-24-28-27-23-7-5-4-6-14-30(23)24/h8-11,15H,4-7,12-14,16H2,1-3H3,(H,26,31). The molecule has 3 aromatic rings. The first-order chi connectivity index (χ1) is 16.5. The second-order valence-corrected chi connectivity index (χ2v) is 8.37. The summed E-state index contributed by atoms with van der Waals surface area (Å²) in [7, 11) is 1.59. The molecule has 9 nitrogen and oxygen atoms in total. The van der Waals surface area contributed by atoms with Gasteiger partial charge in [-0.3, -0.25) is 4.79 Å². The van der Waals surface area contributed by atoms with Crippen LogP contribution in [0.3, 0.4) is 0 Å². The number of nitrogens with zero attached hydrogens (tertiary/aromatic N) is 4. The molecule has 180 valence electrons. The van der Waals surface area contributed by atoms with Crippen LogP contribution < -0.4 is 14.8 Å². The zero-order chi connectivity index (χ0) is 23.9. The predicted molar refractivity (Wildman–Crippen MR) is 127 cm³/mol. The number of benzene rings is 1. The van der Waals surface area contributed by atoms with Crippen LogP contribution in [0.1, 0.15) is 53.5 Å². The van der Waals surface area contributed by atoms with Crippen molar-refractivity contribution in [2.45, 2.75) is 59.1 Å². The molecule has 0 aliphatic carbocycles. The third-order valence-corrected chi connectivity index (χ3v) is 6.00. The van der Waals surface area contributed by atoms with E-state index in [0.29, 0.717) is 31.1 Å². The summed E-state index contributed by atoms with van der Waals surface area (Å²) < 4.78 is 18.8. The normalized spacial score (nSPS) is 13.5. The van der Waals surface area contributed by atoms with Crippen molar-refractivity contribution in [1.29, 1.82) is 0 Å². The Morgan fingerprint density at radius 3 is 2.88 bits per heavy atom. The number of ether oxygens (including phenoxy) is 2. The van der Waals surface area contributed by atoms with Crippen molar-refractivity contribution in [3.63, 3.8) is 0 Å². The highest BCUT2D eigenvalue weighted by Gasteiger charge is 2.15. The van der Waals surface area contributed by atoms with Crippen LogP contribution in [0.25, 0.3) is 6.08 Å². The Morgan fingerprint density at radius 2 is 2.09 bits per heavy atom. The molecule has 1 aliphatic heterocycles. The number of hydrogen-bond acceptors (Lipinski definition) is 7. The second-order valence-electron chi connectivity index (χ2n) is 8.37. The molecule has 0 unspecified atom stereocenters.